The van der Waals surface area contributed by atoms with Crippen LogP contribution in [-0.4, -0.2) is 0 Å². The zero-order valence-corrected chi connectivity index (χ0v) is 12.4. The van der Waals surface area contributed by atoms with Crippen molar-refractivity contribution in [2.24, 2.45) is 0 Å². The van der Waals surface area contributed by atoms with Crippen molar-refractivity contribution >= 4 is 33.2 Å². The standard InChI is InChI=1S/C14H11BrClF2N/c1-8-5-10(15)13(6-11(8)16)19-7-9-3-2-4-12(17)14(9)18/h2-6,19H,7H2,1H3. The fourth-order valence-corrected chi connectivity index (χ4v) is 2.42. The van der Waals surface area contributed by atoms with E-state index in [1.54, 1.807) is 6.07 Å². The number of aryl methyl sites for hydroxylation is 1. The van der Waals surface area contributed by atoms with Crippen LogP contribution in [0.4, 0.5) is 14.5 Å². The minimum absolute atomic E-state index is 0.182. The highest BCUT2D eigenvalue weighted by Crippen LogP contribution is 2.29. The van der Waals surface area contributed by atoms with E-state index < -0.39 is 11.6 Å². The lowest BCUT2D eigenvalue weighted by Crippen LogP contribution is -2.04. The van der Waals surface area contributed by atoms with Gasteiger partial charge in [0, 0.05) is 21.6 Å². The maximum absolute atomic E-state index is 13.5. The Bertz CT molecular complexity index is 617. The van der Waals surface area contributed by atoms with Gasteiger partial charge in [-0.05, 0) is 46.6 Å². The third-order valence-electron chi connectivity index (χ3n) is 2.75. The van der Waals surface area contributed by atoms with E-state index in [0.29, 0.717) is 5.02 Å². The van der Waals surface area contributed by atoms with Crippen molar-refractivity contribution in [3.8, 4) is 0 Å². The second-order valence-electron chi connectivity index (χ2n) is 4.15. The zero-order chi connectivity index (χ0) is 14.0. The molecule has 1 nitrogen and oxygen atoms in total. The third kappa shape index (κ3) is 3.25. The summed E-state index contributed by atoms with van der Waals surface area (Å²) in [6.07, 6.45) is 0. The van der Waals surface area contributed by atoms with Crippen molar-refractivity contribution < 1.29 is 8.78 Å². The second kappa shape index (κ2) is 5.88. The molecule has 0 radical (unpaired) electrons. The number of anilines is 1. The predicted octanol–water partition coefficient (Wildman–Crippen LogP) is 5.30. The first-order valence-electron chi connectivity index (χ1n) is 5.61. The lowest BCUT2D eigenvalue weighted by molar-refractivity contribution is 0.500. The van der Waals surface area contributed by atoms with Crippen molar-refractivity contribution in [3.63, 3.8) is 0 Å². The summed E-state index contributed by atoms with van der Waals surface area (Å²) in [6, 6.07) is 7.73. The maximum atomic E-state index is 13.5. The molecule has 0 unspecified atom stereocenters. The van der Waals surface area contributed by atoms with Crippen molar-refractivity contribution in [2.75, 3.05) is 5.32 Å². The molecule has 0 aliphatic rings. The van der Waals surface area contributed by atoms with Gasteiger partial charge in [0.2, 0.25) is 0 Å². The molecule has 2 rings (SSSR count). The van der Waals surface area contributed by atoms with E-state index in [1.165, 1.54) is 12.1 Å². The Kier molecular flexibility index (Phi) is 4.42. The van der Waals surface area contributed by atoms with Gasteiger partial charge in [0.25, 0.3) is 0 Å². The average molecular weight is 347 g/mol. The van der Waals surface area contributed by atoms with Gasteiger partial charge in [-0.15, -0.1) is 0 Å². The first-order valence-corrected chi connectivity index (χ1v) is 6.78. The van der Waals surface area contributed by atoms with Crippen LogP contribution in [0.15, 0.2) is 34.8 Å². The highest BCUT2D eigenvalue weighted by molar-refractivity contribution is 9.10. The van der Waals surface area contributed by atoms with Gasteiger partial charge >= 0.3 is 0 Å². The van der Waals surface area contributed by atoms with Gasteiger partial charge in [-0.3, -0.25) is 0 Å². The summed E-state index contributed by atoms with van der Waals surface area (Å²) >= 11 is 9.43. The van der Waals surface area contributed by atoms with Gasteiger partial charge in [0.1, 0.15) is 0 Å². The fraction of sp³-hybridized carbons (Fsp3) is 0.143. The normalized spacial score (nSPS) is 10.6. The van der Waals surface area contributed by atoms with E-state index in [-0.39, 0.29) is 12.1 Å². The summed E-state index contributed by atoms with van der Waals surface area (Å²) in [5.41, 5.74) is 1.94. The van der Waals surface area contributed by atoms with Gasteiger partial charge < -0.3 is 5.32 Å². The summed E-state index contributed by atoms with van der Waals surface area (Å²) in [5.74, 6) is -1.68. The molecule has 0 saturated heterocycles. The summed E-state index contributed by atoms with van der Waals surface area (Å²) in [5, 5.41) is 3.64. The molecule has 2 aromatic carbocycles. The van der Waals surface area contributed by atoms with Crippen molar-refractivity contribution in [2.45, 2.75) is 13.5 Å². The van der Waals surface area contributed by atoms with E-state index in [0.717, 1.165) is 21.8 Å². The van der Waals surface area contributed by atoms with Crippen LogP contribution in [0.3, 0.4) is 0 Å². The van der Waals surface area contributed by atoms with Gasteiger partial charge in [0.15, 0.2) is 11.6 Å². The lowest BCUT2D eigenvalue weighted by Gasteiger charge is -2.11. The average Bonchev–Trinajstić information content (AvgIpc) is 2.37. The number of hydrogen-bond donors (Lipinski definition) is 1. The summed E-state index contributed by atoms with van der Waals surface area (Å²) in [4.78, 5) is 0. The molecule has 0 aliphatic heterocycles. The smallest absolute Gasteiger partial charge is 0.163 e. The van der Waals surface area contributed by atoms with E-state index in [2.05, 4.69) is 21.2 Å². The molecule has 0 fully saturated rings. The molecular weight excluding hydrogens is 336 g/mol. The molecule has 0 aliphatic carbocycles. The Morgan fingerprint density at radius 1 is 1.26 bits per heavy atom. The molecule has 19 heavy (non-hydrogen) atoms. The molecule has 0 aromatic heterocycles. The van der Waals surface area contributed by atoms with Crippen LogP contribution in [0.25, 0.3) is 0 Å². The molecule has 1 N–H and O–H groups in total. The monoisotopic (exact) mass is 345 g/mol. The van der Waals surface area contributed by atoms with Crippen LogP contribution in [0.2, 0.25) is 5.02 Å². The summed E-state index contributed by atoms with van der Waals surface area (Å²) < 4.78 is 27.4. The van der Waals surface area contributed by atoms with E-state index in [9.17, 15) is 8.78 Å². The number of rotatable bonds is 3. The van der Waals surface area contributed by atoms with Crippen LogP contribution >= 0.6 is 27.5 Å². The summed E-state index contributed by atoms with van der Waals surface area (Å²) in [7, 11) is 0. The molecular formula is C14H11BrClF2N. The van der Waals surface area contributed by atoms with Gasteiger partial charge in [-0.25, -0.2) is 8.78 Å². The molecule has 0 atom stereocenters. The fourth-order valence-electron chi connectivity index (χ4n) is 1.66. The maximum Gasteiger partial charge on any atom is 0.163 e. The molecule has 0 amide bonds. The number of halogens is 4. The zero-order valence-electron chi connectivity index (χ0n) is 10.1. The predicted molar refractivity (Wildman–Crippen MR) is 77.6 cm³/mol. The Balaban J connectivity index is 2.19. The molecule has 5 heteroatoms. The van der Waals surface area contributed by atoms with Crippen LogP contribution < -0.4 is 5.32 Å². The second-order valence-corrected chi connectivity index (χ2v) is 5.41. The van der Waals surface area contributed by atoms with Gasteiger partial charge in [-0.1, -0.05) is 23.7 Å². The van der Waals surface area contributed by atoms with Gasteiger partial charge in [0.05, 0.1) is 5.69 Å². The minimum Gasteiger partial charge on any atom is -0.380 e. The number of nitrogens with one attached hydrogen (secondary N) is 1. The summed E-state index contributed by atoms with van der Waals surface area (Å²) in [6.45, 7) is 2.07. The molecule has 0 spiro atoms. The largest absolute Gasteiger partial charge is 0.380 e. The van der Waals surface area contributed by atoms with E-state index in [1.807, 2.05) is 13.0 Å². The van der Waals surface area contributed by atoms with Crippen LogP contribution in [-0.2, 0) is 6.54 Å². The van der Waals surface area contributed by atoms with Crippen LogP contribution in [0, 0.1) is 18.6 Å². The van der Waals surface area contributed by atoms with Crippen LogP contribution in [0.5, 0.6) is 0 Å². The van der Waals surface area contributed by atoms with E-state index in [4.69, 9.17) is 11.6 Å². The molecule has 0 heterocycles. The molecule has 2 aromatic rings. The first-order chi connectivity index (χ1) is 8.99. The Labute approximate surface area is 123 Å². The quantitative estimate of drug-likeness (QED) is 0.795. The number of benzene rings is 2. The highest BCUT2D eigenvalue weighted by atomic mass is 79.9. The topological polar surface area (TPSA) is 12.0 Å². The Morgan fingerprint density at radius 3 is 2.74 bits per heavy atom. The molecule has 0 bridgehead atoms. The van der Waals surface area contributed by atoms with Crippen molar-refractivity contribution in [3.05, 3.63) is 62.6 Å². The Morgan fingerprint density at radius 2 is 2.00 bits per heavy atom. The highest BCUT2D eigenvalue weighted by Gasteiger charge is 2.09. The molecule has 100 valence electrons. The van der Waals surface area contributed by atoms with E-state index >= 15 is 0 Å². The lowest BCUT2D eigenvalue weighted by atomic mass is 10.2. The Hall–Kier alpha value is -1.13. The van der Waals surface area contributed by atoms with Crippen LogP contribution in [0.1, 0.15) is 11.1 Å². The molecule has 0 saturated carbocycles. The van der Waals surface area contributed by atoms with Crippen molar-refractivity contribution in [1.82, 2.24) is 0 Å². The SMILES string of the molecule is Cc1cc(Br)c(NCc2cccc(F)c2F)cc1Cl. The van der Waals surface area contributed by atoms with Gasteiger partial charge in [-0.2, -0.15) is 0 Å². The third-order valence-corrected chi connectivity index (χ3v) is 3.81. The minimum atomic E-state index is -0.847. The van der Waals surface area contributed by atoms with Crippen molar-refractivity contribution in [1.29, 1.82) is 0 Å². The first kappa shape index (κ1) is 14.3. The number of hydrogen-bond acceptors (Lipinski definition) is 1.